The summed E-state index contributed by atoms with van der Waals surface area (Å²) in [6.45, 7) is 4.53. The zero-order valence-electron chi connectivity index (χ0n) is 11.0. The van der Waals surface area contributed by atoms with Crippen LogP contribution in [0.15, 0.2) is 0 Å². The molecular formula is C14H24O3. The summed E-state index contributed by atoms with van der Waals surface area (Å²) < 4.78 is 0. The Bertz CT molecular complexity index is 230. The van der Waals surface area contributed by atoms with Crippen molar-refractivity contribution in [1.82, 2.24) is 0 Å². The minimum absolute atomic E-state index is 0.0272. The molecule has 0 radical (unpaired) electrons. The van der Waals surface area contributed by atoms with E-state index in [1.807, 2.05) is 6.92 Å². The number of carbonyl (C=O) groups is 1. The van der Waals surface area contributed by atoms with Crippen molar-refractivity contribution in [1.29, 1.82) is 0 Å². The van der Waals surface area contributed by atoms with Crippen molar-refractivity contribution in [3.05, 3.63) is 0 Å². The molecule has 0 aliphatic carbocycles. The molecule has 0 heterocycles. The normalized spacial score (nSPS) is 11.8. The first-order valence-electron chi connectivity index (χ1n) is 6.53. The molecule has 1 atom stereocenters. The van der Waals surface area contributed by atoms with Crippen molar-refractivity contribution < 1.29 is 14.6 Å². The Balaban J connectivity index is 3.58. The van der Waals surface area contributed by atoms with Crippen molar-refractivity contribution in [2.75, 3.05) is 6.61 Å². The average Bonchev–Trinajstić information content (AvgIpc) is 2.34. The highest BCUT2D eigenvalue weighted by Gasteiger charge is 2.18. The van der Waals surface area contributed by atoms with Gasteiger partial charge >= 0.3 is 5.97 Å². The molecule has 0 rings (SSSR count). The molecule has 0 fully saturated rings. The lowest BCUT2D eigenvalue weighted by Crippen LogP contribution is -2.17. The Hall–Kier alpha value is -1.01. The third-order valence-electron chi connectivity index (χ3n) is 2.67. The van der Waals surface area contributed by atoms with Gasteiger partial charge in [-0.3, -0.25) is 4.89 Å². The van der Waals surface area contributed by atoms with Crippen LogP contribution in [-0.4, -0.2) is 12.6 Å². The second-order valence-electron chi connectivity index (χ2n) is 4.13. The van der Waals surface area contributed by atoms with Crippen LogP contribution in [0.5, 0.6) is 0 Å². The summed E-state index contributed by atoms with van der Waals surface area (Å²) in [5, 5.41) is 0. The van der Waals surface area contributed by atoms with Crippen molar-refractivity contribution in [2.45, 2.75) is 58.8 Å². The van der Waals surface area contributed by atoms with E-state index in [4.69, 9.17) is 16.2 Å². The summed E-state index contributed by atoms with van der Waals surface area (Å²) in [7, 11) is 0. The van der Waals surface area contributed by atoms with Crippen molar-refractivity contribution in [3.63, 3.8) is 0 Å². The third kappa shape index (κ3) is 8.76. The molecule has 0 aromatic heterocycles. The molecule has 0 aromatic carbocycles. The maximum absolute atomic E-state index is 11.6. The van der Waals surface area contributed by atoms with Crippen LogP contribution < -0.4 is 0 Å². The average molecular weight is 240 g/mol. The lowest BCUT2D eigenvalue weighted by atomic mass is 10.00. The molecule has 17 heavy (non-hydrogen) atoms. The number of hydrogen-bond acceptors (Lipinski definition) is 3. The lowest BCUT2D eigenvalue weighted by molar-refractivity contribution is -0.276. The van der Waals surface area contributed by atoms with E-state index in [-0.39, 0.29) is 11.9 Å². The van der Waals surface area contributed by atoms with Gasteiger partial charge in [0.25, 0.3) is 0 Å². The van der Waals surface area contributed by atoms with Crippen LogP contribution in [-0.2, 0) is 14.6 Å². The van der Waals surface area contributed by atoms with Crippen molar-refractivity contribution in [2.24, 2.45) is 5.92 Å². The van der Waals surface area contributed by atoms with E-state index >= 15 is 0 Å². The molecule has 0 saturated carbocycles. The summed E-state index contributed by atoms with van der Waals surface area (Å²) in [4.78, 5) is 21.3. The highest BCUT2D eigenvalue weighted by atomic mass is 17.2. The highest BCUT2D eigenvalue weighted by Crippen LogP contribution is 2.14. The molecule has 0 spiro atoms. The minimum atomic E-state index is -0.238. The van der Waals surface area contributed by atoms with Gasteiger partial charge in [-0.05, 0) is 25.7 Å². The molecule has 0 aliphatic rings. The van der Waals surface area contributed by atoms with Gasteiger partial charge in [-0.1, -0.05) is 26.7 Å². The lowest BCUT2D eigenvalue weighted by Gasteiger charge is -2.12. The number of carbonyl (C=O) groups excluding carboxylic acids is 1. The van der Waals surface area contributed by atoms with Gasteiger partial charge in [0.1, 0.15) is 0 Å². The second kappa shape index (κ2) is 11.5. The first-order chi connectivity index (χ1) is 8.26. The van der Waals surface area contributed by atoms with E-state index < -0.39 is 0 Å². The molecular weight excluding hydrogens is 216 g/mol. The van der Waals surface area contributed by atoms with Crippen molar-refractivity contribution >= 4 is 5.97 Å². The van der Waals surface area contributed by atoms with Gasteiger partial charge in [-0.2, -0.15) is 4.89 Å². The summed E-state index contributed by atoms with van der Waals surface area (Å²) >= 11 is 0. The summed E-state index contributed by atoms with van der Waals surface area (Å²) in [5.41, 5.74) is 0. The second-order valence-corrected chi connectivity index (χ2v) is 4.13. The molecule has 3 heteroatoms. The van der Waals surface area contributed by atoms with Crippen LogP contribution in [0.3, 0.4) is 0 Å². The van der Waals surface area contributed by atoms with Crippen LogP contribution in [0.1, 0.15) is 58.8 Å². The van der Waals surface area contributed by atoms with Gasteiger partial charge in [0.05, 0.1) is 12.5 Å². The fourth-order valence-electron chi connectivity index (χ4n) is 1.50. The van der Waals surface area contributed by atoms with Crippen LogP contribution in [0, 0.1) is 18.3 Å². The molecule has 0 aromatic rings. The van der Waals surface area contributed by atoms with Crippen molar-refractivity contribution in [3.8, 4) is 12.3 Å². The standard InChI is InChI=1S/C14H24O3/c1-4-7-9-10-12-16-17-14(15)13(6-3)11-8-5-2/h1,13H,5-12H2,2-3H3. The topological polar surface area (TPSA) is 35.5 Å². The number of unbranched alkanes of at least 4 members (excludes halogenated alkanes) is 3. The molecule has 0 saturated heterocycles. The maximum Gasteiger partial charge on any atom is 0.345 e. The third-order valence-corrected chi connectivity index (χ3v) is 2.67. The minimum Gasteiger partial charge on any atom is -0.298 e. The fourth-order valence-corrected chi connectivity index (χ4v) is 1.50. The smallest absolute Gasteiger partial charge is 0.298 e. The summed E-state index contributed by atoms with van der Waals surface area (Å²) in [6.07, 6.45) is 11.4. The van der Waals surface area contributed by atoms with Gasteiger partial charge in [0.2, 0.25) is 0 Å². The fraction of sp³-hybridized carbons (Fsp3) is 0.786. The Morgan fingerprint density at radius 2 is 2.06 bits per heavy atom. The van der Waals surface area contributed by atoms with Crippen LogP contribution in [0.4, 0.5) is 0 Å². The van der Waals surface area contributed by atoms with E-state index in [9.17, 15) is 4.79 Å². The molecule has 0 bridgehead atoms. The quantitative estimate of drug-likeness (QED) is 0.254. The SMILES string of the molecule is C#CCCCCOOC(=O)C(CC)CCCC. The van der Waals surface area contributed by atoms with Crippen LogP contribution in [0.2, 0.25) is 0 Å². The van der Waals surface area contributed by atoms with E-state index in [1.54, 1.807) is 0 Å². The monoisotopic (exact) mass is 240 g/mol. The first-order valence-corrected chi connectivity index (χ1v) is 6.53. The molecule has 1 unspecified atom stereocenters. The van der Waals surface area contributed by atoms with Crippen LogP contribution >= 0.6 is 0 Å². The van der Waals surface area contributed by atoms with Gasteiger partial charge in [-0.15, -0.1) is 12.3 Å². The van der Waals surface area contributed by atoms with E-state index in [1.165, 1.54) is 0 Å². The zero-order valence-corrected chi connectivity index (χ0v) is 11.0. The number of rotatable bonds is 10. The van der Waals surface area contributed by atoms with Gasteiger partial charge in [0, 0.05) is 6.42 Å². The maximum atomic E-state index is 11.6. The first kappa shape index (κ1) is 16.0. The molecule has 98 valence electrons. The Morgan fingerprint density at radius 3 is 2.65 bits per heavy atom. The molecule has 3 nitrogen and oxygen atoms in total. The van der Waals surface area contributed by atoms with E-state index in [2.05, 4.69) is 12.8 Å². The Labute approximate surface area is 105 Å². The zero-order chi connectivity index (χ0) is 12.9. The largest absolute Gasteiger partial charge is 0.345 e. The van der Waals surface area contributed by atoms with E-state index in [0.29, 0.717) is 6.61 Å². The number of terminal acetylenes is 1. The summed E-state index contributed by atoms with van der Waals surface area (Å²) in [5.74, 6) is 2.29. The highest BCUT2D eigenvalue weighted by molar-refractivity contribution is 5.71. The Morgan fingerprint density at radius 1 is 1.29 bits per heavy atom. The number of hydrogen-bond donors (Lipinski definition) is 0. The predicted octanol–water partition coefficient (Wildman–Crippen LogP) is 3.48. The predicted molar refractivity (Wildman–Crippen MR) is 68.0 cm³/mol. The van der Waals surface area contributed by atoms with E-state index in [0.717, 1.165) is 44.9 Å². The summed E-state index contributed by atoms with van der Waals surface area (Å²) in [6, 6.07) is 0. The van der Waals surface area contributed by atoms with Crippen LogP contribution in [0.25, 0.3) is 0 Å². The van der Waals surface area contributed by atoms with Gasteiger partial charge < -0.3 is 0 Å². The Kier molecular flexibility index (Phi) is 10.8. The molecule has 0 aliphatic heterocycles. The molecule has 0 amide bonds. The van der Waals surface area contributed by atoms with Gasteiger partial charge in [-0.25, -0.2) is 4.79 Å². The molecule has 0 N–H and O–H groups in total. The van der Waals surface area contributed by atoms with Gasteiger partial charge in [0.15, 0.2) is 0 Å².